The van der Waals surface area contributed by atoms with Crippen molar-refractivity contribution in [3.8, 4) is 5.69 Å². The molecule has 3 aromatic rings. The van der Waals surface area contributed by atoms with Crippen LogP contribution in [0.2, 0.25) is 5.02 Å². The molecule has 32 heavy (non-hydrogen) atoms. The third kappa shape index (κ3) is 4.48. The number of hydrogen-bond acceptors (Lipinski definition) is 3. The van der Waals surface area contributed by atoms with E-state index in [1.807, 2.05) is 41.6 Å². The zero-order valence-electron chi connectivity index (χ0n) is 18.3. The molecule has 4 heterocycles. The first-order chi connectivity index (χ1) is 15.7. The van der Waals surface area contributed by atoms with Gasteiger partial charge in [-0.1, -0.05) is 11.6 Å². The molecule has 0 saturated carbocycles. The summed E-state index contributed by atoms with van der Waals surface area (Å²) in [5.74, 6) is 1.03. The molecule has 0 radical (unpaired) electrons. The first-order valence-corrected chi connectivity index (χ1v) is 12.0. The van der Waals surface area contributed by atoms with Crippen LogP contribution in [0.4, 0.5) is 4.79 Å². The lowest BCUT2D eigenvalue weighted by Gasteiger charge is -2.33. The Kier molecular flexibility index (Phi) is 6.32. The number of aromatic nitrogens is 2. The van der Waals surface area contributed by atoms with Crippen molar-refractivity contribution in [1.82, 2.24) is 25.1 Å². The van der Waals surface area contributed by atoms with E-state index in [4.69, 9.17) is 11.6 Å². The van der Waals surface area contributed by atoms with Crippen LogP contribution in [-0.4, -0.2) is 53.2 Å². The summed E-state index contributed by atoms with van der Waals surface area (Å²) in [7, 11) is 0. The van der Waals surface area contributed by atoms with Gasteiger partial charge in [-0.15, -0.1) is 0 Å². The highest BCUT2D eigenvalue weighted by atomic mass is 35.5. The Hall–Kier alpha value is -2.57. The second kappa shape index (κ2) is 9.51. The standard InChI is InChI=1S/C25H30ClN5O/c26-20-1-3-21(4-2-20)31-17-23(22-7-12-28-16-24(22)31)19-8-13-30(14-9-19)25(32)29-15-18-5-10-27-11-6-18/h1-4,7,12,16-19,27H,5-6,8-11,13-15H2,(H,29,32). The molecule has 0 aliphatic carbocycles. The van der Waals surface area contributed by atoms with Crippen molar-refractivity contribution in [2.75, 3.05) is 32.7 Å². The quantitative estimate of drug-likeness (QED) is 0.610. The topological polar surface area (TPSA) is 62.2 Å². The maximum Gasteiger partial charge on any atom is 0.317 e. The van der Waals surface area contributed by atoms with E-state index in [1.54, 1.807) is 0 Å². The van der Waals surface area contributed by atoms with Crippen LogP contribution in [-0.2, 0) is 0 Å². The molecule has 2 aromatic heterocycles. The van der Waals surface area contributed by atoms with Crippen molar-refractivity contribution >= 4 is 28.5 Å². The summed E-state index contributed by atoms with van der Waals surface area (Å²) in [5.41, 5.74) is 3.52. The molecule has 1 aromatic carbocycles. The SMILES string of the molecule is O=C(NCC1CCNCC1)N1CCC(c2cn(-c3ccc(Cl)cc3)c3cnccc23)CC1. The highest BCUT2D eigenvalue weighted by Gasteiger charge is 2.27. The van der Waals surface area contributed by atoms with Crippen molar-refractivity contribution in [3.63, 3.8) is 0 Å². The smallest absolute Gasteiger partial charge is 0.317 e. The van der Waals surface area contributed by atoms with Gasteiger partial charge in [0.2, 0.25) is 0 Å². The predicted octanol–water partition coefficient (Wildman–Crippen LogP) is 4.57. The van der Waals surface area contributed by atoms with Crippen LogP contribution in [0.5, 0.6) is 0 Å². The highest BCUT2D eigenvalue weighted by Crippen LogP contribution is 2.35. The second-order valence-electron chi connectivity index (χ2n) is 8.96. The van der Waals surface area contributed by atoms with Gasteiger partial charge in [-0.05, 0) is 86.5 Å². The molecular weight excluding hydrogens is 422 g/mol. The summed E-state index contributed by atoms with van der Waals surface area (Å²) in [6.07, 6.45) is 10.3. The number of hydrogen-bond donors (Lipinski definition) is 2. The number of benzene rings is 1. The lowest BCUT2D eigenvalue weighted by Crippen LogP contribution is -2.46. The minimum Gasteiger partial charge on any atom is -0.338 e. The number of carbonyl (C=O) groups excluding carboxylic acids is 1. The van der Waals surface area contributed by atoms with Gasteiger partial charge in [0.05, 0.1) is 11.7 Å². The number of carbonyl (C=O) groups is 1. The minimum absolute atomic E-state index is 0.0924. The summed E-state index contributed by atoms with van der Waals surface area (Å²) in [6, 6.07) is 10.1. The fourth-order valence-electron chi connectivity index (χ4n) is 5.06. The van der Waals surface area contributed by atoms with Crippen LogP contribution < -0.4 is 10.6 Å². The van der Waals surface area contributed by atoms with Crippen LogP contribution in [0.3, 0.4) is 0 Å². The van der Waals surface area contributed by atoms with Crippen LogP contribution in [0.25, 0.3) is 16.6 Å². The molecule has 2 fully saturated rings. The maximum absolute atomic E-state index is 12.7. The number of urea groups is 1. The molecule has 0 bridgehead atoms. The number of nitrogens with one attached hydrogen (secondary N) is 2. The van der Waals surface area contributed by atoms with Gasteiger partial charge >= 0.3 is 6.03 Å². The van der Waals surface area contributed by atoms with Crippen molar-refractivity contribution in [3.05, 3.63) is 59.5 Å². The Balaban J connectivity index is 1.27. The number of likely N-dealkylation sites (tertiary alicyclic amines) is 1. The van der Waals surface area contributed by atoms with Gasteiger partial charge in [0.1, 0.15) is 0 Å². The van der Waals surface area contributed by atoms with Crippen molar-refractivity contribution in [2.24, 2.45) is 5.92 Å². The number of halogens is 1. The third-order valence-corrected chi connectivity index (χ3v) is 7.22. The van der Waals surface area contributed by atoms with Crippen molar-refractivity contribution in [1.29, 1.82) is 0 Å². The number of nitrogens with zero attached hydrogens (tertiary/aromatic N) is 3. The van der Waals surface area contributed by atoms with Gasteiger partial charge in [-0.25, -0.2) is 4.79 Å². The number of rotatable bonds is 4. The minimum atomic E-state index is 0.0924. The second-order valence-corrected chi connectivity index (χ2v) is 9.40. The van der Waals surface area contributed by atoms with Gasteiger partial charge in [0.25, 0.3) is 0 Å². The van der Waals surface area contributed by atoms with E-state index in [1.165, 1.54) is 10.9 Å². The Labute approximate surface area is 194 Å². The molecule has 0 atom stereocenters. The molecular formula is C25H30ClN5O. The van der Waals surface area contributed by atoms with Crippen LogP contribution >= 0.6 is 11.6 Å². The van der Waals surface area contributed by atoms with Crippen molar-refractivity contribution < 1.29 is 4.79 Å². The normalized spacial score (nSPS) is 18.2. The molecule has 6 nitrogen and oxygen atoms in total. The summed E-state index contributed by atoms with van der Waals surface area (Å²) < 4.78 is 2.20. The molecule has 2 N–H and O–H groups in total. The molecule has 0 spiro atoms. The fraction of sp³-hybridized carbons (Fsp3) is 0.440. The summed E-state index contributed by atoms with van der Waals surface area (Å²) >= 11 is 6.09. The van der Waals surface area contributed by atoms with Gasteiger partial charge in [-0.2, -0.15) is 0 Å². The molecule has 168 valence electrons. The lowest BCUT2D eigenvalue weighted by molar-refractivity contribution is 0.178. The molecule has 0 unspecified atom stereocenters. The number of fused-ring (bicyclic) bond motifs is 1. The summed E-state index contributed by atoms with van der Waals surface area (Å²) in [4.78, 5) is 19.0. The molecule has 7 heteroatoms. The van der Waals surface area contributed by atoms with E-state index in [9.17, 15) is 4.79 Å². The Bertz CT molecular complexity index is 1070. The average molecular weight is 452 g/mol. The lowest BCUT2D eigenvalue weighted by atomic mass is 9.89. The molecule has 2 amide bonds. The number of pyridine rings is 1. The number of amides is 2. The van der Waals surface area contributed by atoms with Crippen LogP contribution in [0, 0.1) is 5.92 Å². The van der Waals surface area contributed by atoms with E-state index in [-0.39, 0.29) is 6.03 Å². The van der Waals surface area contributed by atoms with Gasteiger partial charge in [-0.3, -0.25) is 4.98 Å². The Morgan fingerprint density at radius 3 is 2.59 bits per heavy atom. The first-order valence-electron chi connectivity index (χ1n) is 11.6. The average Bonchev–Trinajstić information content (AvgIpc) is 3.23. The molecule has 5 rings (SSSR count). The van der Waals surface area contributed by atoms with E-state index >= 15 is 0 Å². The van der Waals surface area contributed by atoms with E-state index in [0.717, 1.165) is 74.6 Å². The zero-order chi connectivity index (χ0) is 21.9. The zero-order valence-corrected chi connectivity index (χ0v) is 19.0. The third-order valence-electron chi connectivity index (χ3n) is 6.97. The van der Waals surface area contributed by atoms with Gasteiger partial charge < -0.3 is 20.1 Å². The van der Waals surface area contributed by atoms with Gasteiger partial charge in [0, 0.05) is 48.1 Å². The van der Waals surface area contributed by atoms with E-state index in [0.29, 0.717) is 11.8 Å². The Morgan fingerprint density at radius 1 is 1.09 bits per heavy atom. The molecule has 2 saturated heterocycles. The highest BCUT2D eigenvalue weighted by molar-refractivity contribution is 6.30. The van der Waals surface area contributed by atoms with Gasteiger partial charge in [0.15, 0.2) is 0 Å². The first kappa shape index (κ1) is 21.3. The molecule has 2 aliphatic rings. The summed E-state index contributed by atoms with van der Waals surface area (Å²) in [6.45, 7) is 4.50. The van der Waals surface area contributed by atoms with Crippen LogP contribution in [0.1, 0.15) is 37.2 Å². The summed E-state index contributed by atoms with van der Waals surface area (Å²) in [5, 5.41) is 8.52. The Morgan fingerprint density at radius 2 is 1.84 bits per heavy atom. The maximum atomic E-state index is 12.7. The predicted molar refractivity (Wildman–Crippen MR) is 129 cm³/mol. The van der Waals surface area contributed by atoms with E-state index in [2.05, 4.69) is 32.4 Å². The van der Waals surface area contributed by atoms with Crippen molar-refractivity contribution in [2.45, 2.75) is 31.6 Å². The van der Waals surface area contributed by atoms with Crippen LogP contribution in [0.15, 0.2) is 48.9 Å². The monoisotopic (exact) mass is 451 g/mol. The fourth-order valence-corrected chi connectivity index (χ4v) is 5.19. The molecule has 2 aliphatic heterocycles. The largest absolute Gasteiger partial charge is 0.338 e. The number of piperidine rings is 2. The van der Waals surface area contributed by atoms with E-state index < -0.39 is 0 Å².